The maximum absolute atomic E-state index is 12.8. The Morgan fingerprint density at radius 2 is 1.77 bits per heavy atom. The summed E-state index contributed by atoms with van der Waals surface area (Å²) in [6, 6.07) is -0.468. The summed E-state index contributed by atoms with van der Waals surface area (Å²) in [4.78, 5) is 17.1. The molecule has 3 fully saturated rings. The average Bonchev–Trinajstić information content (AvgIpc) is 3.17. The Morgan fingerprint density at radius 3 is 2.45 bits per heavy atom. The molecule has 2 heterocycles. The number of nitrogens with zero attached hydrogens (tertiary/aromatic N) is 3. The molecule has 7 heteroatoms. The van der Waals surface area contributed by atoms with Crippen molar-refractivity contribution in [3.63, 3.8) is 0 Å². The molecule has 6 nitrogen and oxygen atoms in total. The van der Waals surface area contributed by atoms with E-state index in [9.17, 15) is 13.2 Å². The first kappa shape index (κ1) is 16.2. The van der Waals surface area contributed by atoms with Gasteiger partial charge in [0, 0.05) is 32.7 Å². The molecular weight excluding hydrogens is 302 g/mol. The Morgan fingerprint density at radius 1 is 1.00 bits per heavy atom. The monoisotopic (exact) mass is 329 g/mol. The molecule has 1 amide bonds. The SMILES string of the molecule is CS(=O)(=O)N1CCCC1C(=O)N1CCCN(CC2CC2)CC1. The van der Waals surface area contributed by atoms with E-state index in [-0.39, 0.29) is 5.91 Å². The van der Waals surface area contributed by atoms with Crippen LogP contribution in [-0.2, 0) is 14.8 Å². The van der Waals surface area contributed by atoms with E-state index >= 15 is 0 Å². The van der Waals surface area contributed by atoms with Crippen molar-refractivity contribution in [3.05, 3.63) is 0 Å². The van der Waals surface area contributed by atoms with E-state index in [1.165, 1.54) is 29.9 Å². The number of carbonyl (C=O) groups is 1. The summed E-state index contributed by atoms with van der Waals surface area (Å²) in [5, 5.41) is 0. The summed E-state index contributed by atoms with van der Waals surface area (Å²) in [5.41, 5.74) is 0. The van der Waals surface area contributed by atoms with Crippen molar-refractivity contribution in [1.29, 1.82) is 0 Å². The van der Waals surface area contributed by atoms with E-state index in [0.29, 0.717) is 13.0 Å². The van der Waals surface area contributed by atoms with Gasteiger partial charge in [0.1, 0.15) is 6.04 Å². The lowest BCUT2D eigenvalue weighted by Gasteiger charge is -2.28. The summed E-state index contributed by atoms with van der Waals surface area (Å²) < 4.78 is 25.0. The molecule has 0 spiro atoms. The molecule has 1 saturated carbocycles. The van der Waals surface area contributed by atoms with Crippen LogP contribution in [0.4, 0.5) is 0 Å². The van der Waals surface area contributed by atoms with Crippen molar-refractivity contribution in [2.45, 2.75) is 38.1 Å². The van der Waals surface area contributed by atoms with Crippen molar-refractivity contribution < 1.29 is 13.2 Å². The molecule has 2 saturated heterocycles. The smallest absolute Gasteiger partial charge is 0.241 e. The molecule has 22 heavy (non-hydrogen) atoms. The molecule has 0 aromatic carbocycles. The number of amides is 1. The van der Waals surface area contributed by atoms with Crippen LogP contribution >= 0.6 is 0 Å². The van der Waals surface area contributed by atoms with Gasteiger partial charge in [0.2, 0.25) is 15.9 Å². The van der Waals surface area contributed by atoms with Crippen LogP contribution < -0.4 is 0 Å². The summed E-state index contributed by atoms with van der Waals surface area (Å²) in [6.45, 7) is 5.13. The molecule has 1 unspecified atom stereocenters. The van der Waals surface area contributed by atoms with Gasteiger partial charge in [0.25, 0.3) is 0 Å². The molecule has 0 N–H and O–H groups in total. The van der Waals surface area contributed by atoms with E-state index in [1.54, 1.807) is 0 Å². The lowest BCUT2D eigenvalue weighted by molar-refractivity contribution is -0.134. The Kier molecular flexibility index (Phi) is 4.75. The first-order valence-corrected chi connectivity index (χ1v) is 10.3. The zero-order chi connectivity index (χ0) is 15.7. The summed E-state index contributed by atoms with van der Waals surface area (Å²) in [6.07, 6.45) is 6.34. The van der Waals surface area contributed by atoms with Crippen molar-refractivity contribution in [3.8, 4) is 0 Å². The molecule has 3 rings (SSSR count). The van der Waals surface area contributed by atoms with Crippen LogP contribution in [0.5, 0.6) is 0 Å². The molecule has 0 aromatic rings. The van der Waals surface area contributed by atoms with E-state index in [1.807, 2.05) is 4.90 Å². The van der Waals surface area contributed by atoms with Crippen LogP contribution in [0.3, 0.4) is 0 Å². The average molecular weight is 329 g/mol. The molecule has 1 atom stereocenters. The predicted molar refractivity (Wildman–Crippen MR) is 84.9 cm³/mol. The minimum atomic E-state index is -3.29. The number of carbonyl (C=O) groups excluding carboxylic acids is 1. The van der Waals surface area contributed by atoms with Crippen LogP contribution in [0.1, 0.15) is 32.1 Å². The van der Waals surface area contributed by atoms with Gasteiger partial charge in [-0.3, -0.25) is 4.79 Å². The Balaban J connectivity index is 1.59. The minimum Gasteiger partial charge on any atom is -0.340 e. The van der Waals surface area contributed by atoms with Gasteiger partial charge in [-0.05, 0) is 44.6 Å². The predicted octanol–water partition coefficient (Wildman–Crippen LogP) is 0.355. The molecule has 126 valence electrons. The summed E-state index contributed by atoms with van der Waals surface area (Å²) >= 11 is 0. The number of hydrogen-bond donors (Lipinski definition) is 0. The second-order valence-electron chi connectivity index (χ2n) is 6.95. The maximum atomic E-state index is 12.8. The first-order chi connectivity index (χ1) is 10.4. The normalized spacial score (nSPS) is 28.8. The molecule has 0 aromatic heterocycles. The fourth-order valence-electron chi connectivity index (χ4n) is 3.63. The van der Waals surface area contributed by atoms with E-state index in [0.717, 1.165) is 44.9 Å². The highest BCUT2D eigenvalue weighted by molar-refractivity contribution is 7.88. The van der Waals surface area contributed by atoms with Crippen molar-refractivity contribution in [1.82, 2.24) is 14.1 Å². The fraction of sp³-hybridized carbons (Fsp3) is 0.933. The number of hydrogen-bond acceptors (Lipinski definition) is 4. The van der Waals surface area contributed by atoms with Gasteiger partial charge >= 0.3 is 0 Å². The molecular formula is C15H27N3O3S. The third-order valence-electron chi connectivity index (χ3n) is 5.03. The molecule has 3 aliphatic rings. The van der Waals surface area contributed by atoms with Crippen LogP contribution in [0, 0.1) is 5.92 Å². The highest BCUT2D eigenvalue weighted by Gasteiger charge is 2.39. The van der Waals surface area contributed by atoms with Gasteiger partial charge in [-0.25, -0.2) is 8.42 Å². The van der Waals surface area contributed by atoms with Crippen LogP contribution in [-0.4, -0.2) is 80.0 Å². The zero-order valence-electron chi connectivity index (χ0n) is 13.4. The second-order valence-corrected chi connectivity index (χ2v) is 8.89. The standard InChI is InChI=1S/C15H27N3O3S/c1-22(20,21)18-9-2-4-14(18)15(19)17-8-3-7-16(10-11-17)12-13-5-6-13/h13-14H,2-12H2,1H3. The van der Waals surface area contributed by atoms with Crippen molar-refractivity contribution in [2.24, 2.45) is 5.92 Å². The van der Waals surface area contributed by atoms with Gasteiger partial charge in [-0.1, -0.05) is 0 Å². The van der Waals surface area contributed by atoms with Crippen LogP contribution in [0.25, 0.3) is 0 Å². The lowest BCUT2D eigenvalue weighted by atomic mass is 10.2. The Bertz CT molecular complexity index is 518. The summed E-state index contributed by atoms with van der Waals surface area (Å²) in [7, 11) is -3.29. The highest BCUT2D eigenvalue weighted by atomic mass is 32.2. The third-order valence-corrected chi connectivity index (χ3v) is 6.32. The maximum Gasteiger partial charge on any atom is 0.241 e. The minimum absolute atomic E-state index is 0.0104. The van der Waals surface area contributed by atoms with Gasteiger partial charge < -0.3 is 9.80 Å². The Labute approximate surface area is 133 Å². The topological polar surface area (TPSA) is 60.9 Å². The van der Waals surface area contributed by atoms with Gasteiger partial charge in [-0.2, -0.15) is 4.31 Å². The van der Waals surface area contributed by atoms with Crippen LogP contribution in [0.2, 0.25) is 0 Å². The first-order valence-electron chi connectivity index (χ1n) is 8.43. The molecule has 0 bridgehead atoms. The zero-order valence-corrected chi connectivity index (χ0v) is 14.2. The van der Waals surface area contributed by atoms with Crippen LogP contribution in [0.15, 0.2) is 0 Å². The second kappa shape index (κ2) is 6.45. The Hall–Kier alpha value is -0.660. The third kappa shape index (κ3) is 3.81. The quantitative estimate of drug-likeness (QED) is 0.747. The molecule has 2 aliphatic heterocycles. The largest absolute Gasteiger partial charge is 0.340 e. The van der Waals surface area contributed by atoms with Crippen molar-refractivity contribution >= 4 is 15.9 Å². The van der Waals surface area contributed by atoms with E-state index < -0.39 is 16.1 Å². The number of rotatable bonds is 4. The van der Waals surface area contributed by atoms with E-state index in [4.69, 9.17) is 0 Å². The molecule has 1 aliphatic carbocycles. The van der Waals surface area contributed by atoms with Gasteiger partial charge in [0.05, 0.1) is 6.26 Å². The fourth-order valence-corrected chi connectivity index (χ4v) is 4.75. The summed E-state index contributed by atoms with van der Waals surface area (Å²) in [5.74, 6) is 0.883. The lowest BCUT2D eigenvalue weighted by Crippen LogP contribution is -2.48. The molecule has 0 radical (unpaired) electrons. The van der Waals surface area contributed by atoms with Crippen molar-refractivity contribution in [2.75, 3.05) is 45.5 Å². The highest BCUT2D eigenvalue weighted by Crippen LogP contribution is 2.30. The number of sulfonamides is 1. The van der Waals surface area contributed by atoms with Gasteiger partial charge in [0.15, 0.2) is 0 Å². The van der Waals surface area contributed by atoms with E-state index in [2.05, 4.69) is 4.90 Å². The van der Waals surface area contributed by atoms with Gasteiger partial charge in [-0.15, -0.1) is 0 Å².